The van der Waals surface area contributed by atoms with Gasteiger partial charge in [-0.3, -0.25) is 9.48 Å². The summed E-state index contributed by atoms with van der Waals surface area (Å²) in [5, 5.41) is 6.88. The minimum absolute atomic E-state index is 0.0116. The number of amides is 1. The van der Waals surface area contributed by atoms with Gasteiger partial charge in [-0.2, -0.15) is 5.10 Å². The van der Waals surface area contributed by atoms with Crippen LogP contribution in [0.25, 0.3) is 11.1 Å². The highest BCUT2D eigenvalue weighted by atomic mass is 16.1. The van der Waals surface area contributed by atoms with Crippen molar-refractivity contribution in [3.63, 3.8) is 0 Å². The molecular weight excluding hydrogens is 288 g/mol. The van der Waals surface area contributed by atoms with E-state index in [0.717, 1.165) is 11.1 Å². The number of benzene rings is 2. The quantitative estimate of drug-likeness (QED) is 0.760. The number of nitrogens with one attached hydrogen (secondary N) is 1. The minimum Gasteiger partial charge on any atom is -0.354 e. The Hall–Kier alpha value is -2.95. The molecule has 23 heavy (non-hydrogen) atoms. The Labute approximate surface area is 135 Å². The normalized spacial score (nSPS) is 10.4. The Morgan fingerprint density at radius 1 is 1.00 bits per heavy atom. The summed E-state index contributed by atoms with van der Waals surface area (Å²) in [6.45, 7) is 1.17. The van der Waals surface area contributed by atoms with Crippen LogP contribution in [0, 0.1) is 0 Å². The van der Waals surface area contributed by atoms with E-state index in [0.29, 0.717) is 19.5 Å². The van der Waals surface area contributed by atoms with Crippen LogP contribution in [-0.4, -0.2) is 27.2 Å². The van der Waals surface area contributed by atoms with E-state index < -0.39 is 0 Å². The van der Waals surface area contributed by atoms with Crippen LogP contribution in [0.15, 0.2) is 67.3 Å². The van der Waals surface area contributed by atoms with Crippen LogP contribution in [0.2, 0.25) is 0 Å². The molecule has 0 unspecified atom stereocenters. The number of carbonyl (C=O) groups excluding carboxylic acids is 1. The molecule has 116 valence electrons. The average Bonchev–Trinajstić information content (AvgIpc) is 3.10. The van der Waals surface area contributed by atoms with Crippen molar-refractivity contribution >= 4 is 5.91 Å². The van der Waals surface area contributed by atoms with Gasteiger partial charge in [-0.25, -0.2) is 4.98 Å². The number of carbonyl (C=O) groups is 1. The monoisotopic (exact) mass is 306 g/mol. The molecule has 3 rings (SSSR count). The van der Waals surface area contributed by atoms with Crippen molar-refractivity contribution in [1.82, 2.24) is 20.1 Å². The second kappa shape index (κ2) is 7.35. The van der Waals surface area contributed by atoms with Crippen molar-refractivity contribution in [1.29, 1.82) is 0 Å². The van der Waals surface area contributed by atoms with Gasteiger partial charge in [0, 0.05) is 6.54 Å². The van der Waals surface area contributed by atoms with Gasteiger partial charge in [0.1, 0.15) is 12.7 Å². The first-order valence-corrected chi connectivity index (χ1v) is 7.55. The van der Waals surface area contributed by atoms with Crippen LogP contribution in [-0.2, 0) is 17.8 Å². The van der Waals surface area contributed by atoms with Crippen LogP contribution < -0.4 is 5.32 Å². The minimum atomic E-state index is 0.0116. The fourth-order valence-electron chi connectivity index (χ4n) is 2.35. The van der Waals surface area contributed by atoms with Crippen molar-refractivity contribution < 1.29 is 4.79 Å². The van der Waals surface area contributed by atoms with Crippen LogP contribution >= 0.6 is 0 Å². The molecule has 1 amide bonds. The van der Waals surface area contributed by atoms with E-state index in [4.69, 9.17) is 0 Å². The van der Waals surface area contributed by atoms with E-state index >= 15 is 0 Å². The summed E-state index contributed by atoms with van der Waals surface area (Å²) in [4.78, 5) is 15.8. The number of hydrogen-bond donors (Lipinski definition) is 1. The Morgan fingerprint density at radius 2 is 1.74 bits per heavy atom. The molecular formula is C18H18N4O. The largest absolute Gasteiger partial charge is 0.354 e. The average molecular weight is 306 g/mol. The SMILES string of the molecule is O=C(Cc1ccc(-c2ccccc2)cc1)NCCn1cncn1. The molecule has 1 aromatic heterocycles. The Morgan fingerprint density at radius 3 is 2.43 bits per heavy atom. The predicted molar refractivity (Wildman–Crippen MR) is 88.6 cm³/mol. The maximum Gasteiger partial charge on any atom is 0.224 e. The molecule has 1 N–H and O–H groups in total. The fraction of sp³-hybridized carbons (Fsp3) is 0.167. The lowest BCUT2D eigenvalue weighted by Gasteiger charge is -2.06. The maximum absolute atomic E-state index is 11.9. The number of aromatic nitrogens is 3. The van der Waals surface area contributed by atoms with E-state index in [1.807, 2.05) is 42.5 Å². The zero-order valence-corrected chi connectivity index (χ0v) is 12.7. The van der Waals surface area contributed by atoms with Crippen LogP contribution in [0.1, 0.15) is 5.56 Å². The molecule has 0 saturated heterocycles. The standard InChI is InChI=1S/C18H18N4O/c23-18(20-10-11-22-14-19-13-21-22)12-15-6-8-17(9-7-15)16-4-2-1-3-5-16/h1-9,13-14H,10-12H2,(H,20,23). The Kier molecular flexibility index (Phi) is 4.79. The van der Waals surface area contributed by atoms with Crippen LogP contribution in [0.5, 0.6) is 0 Å². The first-order valence-electron chi connectivity index (χ1n) is 7.55. The molecule has 0 radical (unpaired) electrons. The summed E-state index contributed by atoms with van der Waals surface area (Å²) in [5.41, 5.74) is 3.33. The van der Waals surface area contributed by atoms with Gasteiger partial charge in [-0.15, -0.1) is 0 Å². The van der Waals surface area contributed by atoms with Gasteiger partial charge in [0.2, 0.25) is 5.91 Å². The van der Waals surface area contributed by atoms with Gasteiger partial charge in [0.05, 0.1) is 13.0 Å². The number of rotatable bonds is 6. The highest BCUT2D eigenvalue weighted by Gasteiger charge is 2.04. The van der Waals surface area contributed by atoms with Crippen LogP contribution in [0.3, 0.4) is 0 Å². The summed E-state index contributed by atoms with van der Waals surface area (Å²) in [6, 6.07) is 18.3. The highest BCUT2D eigenvalue weighted by molar-refractivity contribution is 5.78. The lowest BCUT2D eigenvalue weighted by molar-refractivity contribution is -0.120. The lowest BCUT2D eigenvalue weighted by atomic mass is 10.0. The van der Waals surface area contributed by atoms with E-state index in [1.54, 1.807) is 11.0 Å². The summed E-state index contributed by atoms with van der Waals surface area (Å²) in [5.74, 6) is 0.0116. The van der Waals surface area contributed by atoms with Gasteiger partial charge in [-0.05, 0) is 16.7 Å². The molecule has 3 aromatic rings. The first-order chi connectivity index (χ1) is 11.3. The third kappa shape index (κ3) is 4.26. The zero-order valence-electron chi connectivity index (χ0n) is 12.7. The fourth-order valence-corrected chi connectivity index (χ4v) is 2.35. The van der Waals surface area contributed by atoms with Gasteiger partial charge in [0.25, 0.3) is 0 Å². The number of hydrogen-bond acceptors (Lipinski definition) is 3. The summed E-state index contributed by atoms with van der Waals surface area (Å²) in [7, 11) is 0. The molecule has 5 heteroatoms. The summed E-state index contributed by atoms with van der Waals surface area (Å²) in [6.07, 6.45) is 3.50. The van der Waals surface area contributed by atoms with Gasteiger partial charge >= 0.3 is 0 Å². The van der Waals surface area contributed by atoms with Crippen molar-refractivity contribution in [2.24, 2.45) is 0 Å². The smallest absolute Gasteiger partial charge is 0.224 e. The topological polar surface area (TPSA) is 59.8 Å². The third-order valence-electron chi connectivity index (χ3n) is 3.56. The second-order valence-corrected chi connectivity index (χ2v) is 5.25. The van der Waals surface area contributed by atoms with E-state index in [1.165, 1.54) is 11.9 Å². The molecule has 0 spiro atoms. The molecule has 0 fully saturated rings. The highest BCUT2D eigenvalue weighted by Crippen LogP contribution is 2.19. The molecule has 0 aliphatic carbocycles. The van der Waals surface area contributed by atoms with Gasteiger partial charge in [-0.1, -0.05) is 54.6 Å². The van der Waals surface area contributed by atoms with Crippen molar-refractivity contribution in [2.75, 3.05) is 6.54 Å². The molecule has 5 nitrogen and oxygen atoms in total. The molecule has 0 atom stereocenters. The second-order valence-electron chi connectivity index (χ2n) is 5.25. The van der Waals surface area contributed by atoms with Crippen molar-refractivity contribution in [3.05, 3.63) is 72.8 Å². The van der Waals surface area contributed by atoms with Gasteiger partial charge < -0.3 is 5.32 Å². The molecule has 0 aliphatic rings. The summed E-state index contributed by atoms with van der Waals surface area (Å²) >= 11 is 0. The number of nitrogens with zero attached hydrogens (tertiary/aromatic N) is 3. The van der Waals surface area contributed by atoms with Crippen molar-refractivity contribution in [3.8, 4) is 11.1 Å². The lowest BCUT2D eigenvalue weighted by Crippen LogP contribution is -2.28. The molecule has 2 aromatic carbocycles. The molecule has 0 aliphatic heterocycles. The first kappa shape index (κ1) is 15.0. The molecule has 0 bridgehead atoms. The van der Waals surface area contributed by atoms with E-state index in [-0.39, 0.29) is 5.91 Å². The predicted octanol–water partition coefficient (Wildman–Crippen LogP) is 2.30. The van der Waals surface area contributed by atoms with E-state index in [2.05, 4.69) is 27.5 Å². The molecule has 1 heterocycles. The van der Waals surface area contributed by atoms with E-state index in [9.17, 15) is 4.79 Å². The van der Waals surface area contributed by atoms with Gasteiger partial charge in [0.15, 0.2) is 0 Å². The van der Waals surface area contributed by atoms with Crippen molar-refractivity contribution in [2.45, 2.75) is 13.0 Å². The molecule has 0 saturated carbocycles. The summed E-state index contributed by atoms with van der Waals surface area (Å²) < 4.78 is 1.69. The van der Waals surface area contributed by atoms with Crippen LogP contribution in [0.4, 0.5) is 0 Å². The Balaban J connectivity index is 1.50. The third-order valence-corrected chi connectivity index (χ3v) is 3.56. The maximum atomic E-state index is 11.9. The Bertz CT molecular complexity index is 736. The zero-order chi connectivity index (χ0) is 15.9.